The second-order valence-corrected chi connectivity index (χ2v) is 8.04. The Kier molecular flexibility index (Phi) is 5.91. The number of pyridine rings is 1. The number of nitrogens with one attached hydrogen (secondary N) is 2. The van der Waals surface area contributed by atoms with Crippen LogP contribution in [-0.4, -0.2) is 60.8 Å². The van der Waals surface area contributed by atoms with Gasteiger partial charge >= 0.3 is 6.18 Å². The number of ether oxygens (including phenoxy) is 1. The average molecular weight is 446 g/mol. The quantitative estimate of drug-likeness (QED) is 0.425. The molecule has 0 amide bonds. The molecule has 1 atom stereocenters. The summed E-state index contributed by atoms with van der Waals surface area (Å²) in [5, 5.41) is 16.2. The Morgan fingerprint density at radius 2 is 1.91 bits per heavy atom. The number of benzene rings is 1. The number of morpholine rings is 1. The van der Waals surface area contributed by atoms with E-state index < -0.39 is 17.4 Å². The molecule has 2 aliphatic rings. The molecule has 0 spiro atoms. The molecule has 6 N–H and O–H groups in total. The molecule has 1 aromatic heterocycles. The summed E-state index contributed by atoms with van der Waals surface area (Å²) in [7, 11) is 0. The third-order valence-corrected chi connectivity index (χ3v) is 6.31. The Morgan fingerprint density at radius 3 is 2.53 bits per heavy atom. The van der Waals surface area contributed by atoms with Crippen LogP contribution in [-0.2, 0) is 17.6 Å². The predicted octanol–water partition coefficient (Wildman–Crippen LogP) is 2.89. The van der Waals surface area contributed by atoms with Crippen LogP contribution < -0.4 is 11.5 Å². The van der Waals surface area contributed by atoms with Crippen molar-refractivity contribution in [2.75, 3.05) is 32.0 Å². The van der Waals surface area contributed by atoms with Crippen molar-refractivity contribution in [1.82, 2.24) is 9.88 Å². The Hall–Kier alpha value is -2.98. The summed E-state index contributed by atoms with van der Waals surface area (Å²) < 4.78 is 45.9. The van der Waals surface area contributed by atoms with E-state index in [9.17, 15) is 13.2 Å². The minimum Gasteiger partial charge on any atom is -0.398 e. The Bertz CT molecular complexity index is 1110. The van der Waals surface area contributed by atoms with E-state index in [0.717, 1.165) is 31.3 Å². The highest BCUT2D eigenvalue weighted by Crippen LogP contribution is 2.38. The van der Waals surface area contributed by atoms with Gasteiger partial charge in [0, 0.05) is 53.8 Å². The minimum absolute atomic E-state index is 0.0796. The van der Waals surface area contributed by atoms with Crippen LogP contribution in [0, 0.1) is 10.8 Å². The number of halogens is 3. The number of alkyl halides is 3. The Balaban J connectivity index is 1.97. The van der Waals surface area contributed by atoms with Gasteiger partial charge in [0.2, 0.25) is 0 Å². The number of hydrogen-bond donors (Lipinski definition) is 4. The fraction of sp³-hybridized carbons (Fsp3) is 0.409. The van der Waals surface area contributed by atoms with Gasteiger partial charge in [0.05, 0.1) is 24.4 Å². The summed E-state index contributed by atoms with van der Waals surface area (Å²) in [4.78, 5) is 6.82. The Morgan fingerprint density at radius 1 is 1.19 bits per heavy atom. The van der Waals surface area contributed by atoms with Crippen LogP contribution in [0.4, 0.5) is 18.9 Å². The summed E-state index contributed by atoms with van der Waals surface area (Å²) in [6.07, 6.45) is -1.10. The lowest BCUT2D eigenvalue weighted by Gasteiger charge is -2.38. The standard InChI is InChI=1S/C22H25F3N6O/c23-22(24,25)21(29)16(11-27)20-14-9-12(31-5-7-32-8-6-31)1-2-13(14)19-15(10-26)17(28)3-4-18(19)30-20/h3-4,10-12,26-27H,1-2,5-9,28-29H2. The molecule has 10 heteroatoms. The zero-order chi connectivity index (χ0) is 23.0. The number of aromatic nitrogens is 1. The van der Waals surface area contributed by atoms with E-state index in [1.807, 2.05) is 0 Å². The van der Waals surface area contributed by atoms with E-state index in [1.165, 1.54) is 0 Å². The first-order valence-corrected chi connectivity index (χ1v) is 10.4. The van der Waals surface area contributed by atoms with Gasteiger partial charge in [-0.25, -0.2) is 4.98 Å². The molecule has 1 unspecified atom stereocenters. The van der Waals surface area contributed by atoms with Gasteiger partial charge in [-0.3, -0.25) is 4.90 Å². The molecular formula is C22H25F3N6O. The van der Waals surface area contributed by atoms with Gasteiger partial charge < -0.3 is 27.0 Å². The van der Waals surface area contributed by atoms with Crippen LogP contribution in [0.1, 0.15) is 28.8 Å². The fourth-order valence-electron chi connectivity index (χ4n) is 4.72. The van der Waals surface area contributed by atoms with Crippen LogP contribution in [0.3, 0.4) is 0 Å². The molecule has 1 aliphatic carbocycles. The molecule has 0 radical (unpaired) electrons. The molecule has 1 aromatic carbocycles. The number of anilines is 1. The van der Waals surface area contributed by atoms with Crippen LogP contribution in [0.5, 0.6) is 0 Å². The summed E-state index contributed by atoms with van der Waals surface area (Å²) in [5.74, 6) is 0. The highest BCUT2D eigenvalue weighted by atomic mass is 19.4. The number of allylic oxidation sites excluding steroid dienone is 2. The summed E-state index contributed by atoms with van der Waals surface area (Å²) in [5.41, 5.74) is 12.7. The fourth-order valence-corrected chi connectivity index (χ4v) is 4.72. The number of nitrogen functional groups attached to an aromatic ring is 1. The maximum Gasteiger partial charge on any atom is 0.431 e. The van der Waals surface area contributed by atoms with Crippen LogP contribution in [0.25, 0.3) is 16.5 Å². The molecule has 2 aromatic rings. The molecule has 1 saturated heterocycles. The maximum atomic E-state index is 13.5. The van der Waals surface area contributed by atoms with Gasteiger partial charge in [-0.1, -0.05) is 0 Å². The lowest BCUT2D eigenvalue weighted by Crippen LogP contribution is -2.46. The maximum absolute atomic E-state index is 13.5. The van der Waals surface area contributed by atoms with E-state index in [-0.39, 0.29) is 11.7 Å². The lowest BCUT2D eigenvalue weighted by atomic mass is 9.81. The molecular weight excluding hydrogens is 421 g/mol. The van der Waals surface area contributed by atoms with Gasteiger partial charge in [-0.05, 0) is 42.5 Å². The lowest BCUT2D eigenvalue weighted by molar-refractivity contribution is -0.0919. The molecule has 170 valence electrons. The van der Waals surface area contributed by atoms with Gasteiger partial charge in [0.1, 0.15) is 5.70 Å². The minimum atomic E-state index is -4.78. The van der Waals surface area contributed by atoms with Crippen LogP contribution >= 0.6 is 0 Å². The summed E-state index contributed by atoms with van der Waals surface area (Å²) >= 11 is 0. The normalized spacial score (nSPS) is 20.5. The van der Waals surface area contributed by atoms with Crippen molar-refractivity contribution in [2.24, 2.45) is 5.73 Å². The third kappa shape index (κ3) is 3.84. The first-order valence-electron chi connectivity index (χ1n) is 10.4. The van der Waals surface area contributed by atoms with Crippen LogP contribution in [0.15, 0.2) is 17.8 Å². The molecule has 0 bridgehead atoms. The van der Waals surface area contributed by atoms with E-state index >= 15 is 0 Å². The first-order chi connectivity index (χ1) is 15.3. The van der Waals surface area contributed by atoms with Gasteiger partial charge in [0.15, 0.2) is 0 Å². The number of hydrogen-bond acceptors (Lipinski definition) is 7. The number of rotatable bonds is 4. The second kappa shape index (κ2) is 8.51. The van der Waals surface area contributed by atoms with Crippen molar-refractivity contribution < 1.29 is 17.9 Å². The van der Waals surface area contributed by atoms with Crippen molar-refractivity contribution in [2.45, 2.75) is 31.5 Å². The number of nitrogens with two attached hydrogens (primary N) is 2. The van der Waals surface area contributed by atoms with Crippen molar-refractivity contribution >= 4 is 34.6 Å². The third-order valence-electron chi connectivity index (χ3n) is 6.31. The number of fused-ring (bicyclic) bond motifs is 3. The summed E-state index contributed by atoms with van der Waals surface area (Å²) in [6.45, 7) is 2.75. The van der Waals surface area contributed by atoms with Crippen molar-refractivity contribution in [1.29, 1.82) is 10.8 Å². The molecule has 4 rings (SSSR count). The Labute approximate surface area is 183 Å². The highest BCUT2D eigenvalue weighted by Gasteiger charge is 2.37. The average Bonchev–Trinajstić information content (AvgIpc) is 2.79. The smallest absolute Gasteiger partial charge is 0.398 e. The molecule has 1 fully saturated rings. The molecule has 32 heavy (non-hydrogen) atoms. The topological polar surface area (TPSA) is 125 Å². The van der Waals surface area contributed by atoms with Gasteiger partial charge in [-0.2, -0.15) is 13.2 Å². The zero-order valence-electron chi connectivity index (χ0n) is 17.4. The van der Waals surface area contributed by atoms with E-state index in [4.69, 9.17) is 27.0 Å². The largest absolute Gasteiger partial charge is 0.431 e. The van der Waals surface area contributed by atoms with Gasteiger partial charge in [-0.15, -0.1) is 0 Å². The second-order valence-electron chi connectivity index (χ2n) is 8.04. The SMILES string of the molecule is N=CC(=C(N)C(F)(F)F)c1nc2ccc(N)c(C=N)c2c2c1CC(N1CCOCC1)CC2. The van der Waals surface area contributed by atoms with E-state index in [2.05, 4.69) is 9.88 Å². The van der Waals surface area contributed by atoms with E-state index in [0.29, 0.717) is 60.0 Å². The first kappa shape index (κ1) is 22.2. The molecule has 1 aliphatic heterocycles. The van der Waals surface area contributed by atoms with Crippen molar-refractivity contribution in [3.05, 3.63) is 40.2 Å². The van der Waals surface area contributed by atoms with E-state index in [1.54, 1.807) is 12.1 Å². The number of nitrogens with zero attached hydrogens (tertiary/aromatic N) is 2. The zero-order valence-corrected chi connectivity index (χ0v) is 17.4. The number of aryl methyl sites for hydroxylation is 1. The predicted molar refractivity (Wildman–Crippen MR) is 118 cm³/mol. The van der Waals surface area contributed by atoms with Crippen LogP contribution in [0.2, 0.25) is 0 Å². The monoisotopic (exact) mass is 446 g/mol. The molecule has 7 nitrogen and oxygen atoms in total. The molecule has 2 heterocycles. The van der Waals surface area contributed by atoms with Crippen molar-refractivity contribution in [3.63, 3.8) is 0 Å². The van der Waals surface area contributed by atoms with Crippen molar-refractivity contribution in [3.8, 4) is 0 Å². The van der Waals surface area contributed by atoms with Gasteiger partial charge in [0.25, 0.3) is 0 Å². The summed E-state index contributed by atoms with van der Waals surface area (Å²) in [6, 6.07) is 3.35. The highest BCUT2D eigenvalue weighted by molar-refractivity contribution is 6.12. The molecule has 0 saturated carbocycles.